The predicted octanol–water partition coefficient (Wildman–Crippen LogP) is 3.76. The van der Waals surface area contributed by atoms with E-state index in [1.54, 1.807) is 18.2 Å². The maximum atomic E-state index is 12.2. The molecule has 1 aliphatic heterocycles. The average molecular weight is 379 g/mol. The fourth-order valence-electron chi connectivity index (χ4n) is 2.70. The van der Waals surface area contributed by atoms with Gasteiger partial charge in [-0.05, 0) is 29.3 Å². The number of hydrogen-bond acceptors (Lipinski definition) is 3. The summed E-state index contributed by atoms with van der Waals surface area (Å²) in [5.74, 6) is -0.170. The van der Waals surface area contributed by atoms with Crippen molar-refractivity contribution < 1.29 is 9.53 Å². The zero-order valence-corrected chi connectivity index (χ0v) is 15.3. The van der Waals surface area contributed by atoms with Crippen molar-refractivity contribution in [3.63, 3.8) is 0 Å². The zero-order chi connectivity index (χ0) is 17.6. The highest BCUT2D eigenvalue weighted by molar-refractivity contribution is 6.42. The molecule has 2 aromatic carbocycles. The molecule has 1 saturated heterocycles. The van der Waals surface area contributed by atoms with Crippen molar-refractivity contribution in [2.75, 3.05) is 26.3 Å². The van der Waals surface area contributed by atoms with Crippen LogP contribution in [0.3, 0.4) is 0 Å². The number of ether oxygens (including phenoxy) is 1. The van der Waals surface area contributed by atoms with E-state index in [0.29, 0.717) is 22.2 Å². The van der Waals surface area contributed by atoms with Crippen LogP contribution in [-0.2, 0) is 17.8 Å². The van der Waals surface area contributed by atoms with E-state index in [1.165, 1.54) is 5.56 Å². The van der Waals surface area contributed by atoms with Crippen LogP contribution in [0, 0.1) is 0 Å². The molecule has 132 valence electrons. The summed E-state index contributed by atoms with van der Waals surface area (Å²) in [4.78, 5) is 14.6. The molecule has 1 heterocycles. The molecule has 2 aromatic rings. The Hall–Kier alpha value is -1.59. The third kappa shape index (κ3) is 5.19. The highest BCUT2D eigenvalue weighted by atomic mass is 35.5. The van der Waals surface area contributed by atoms with E-state index in [9.17, 15) is 4.79 Å². The number of halogens is 2. The Bertz CT molecular complexity index is 729. The first-order chi connectivity index (χ1) is 12.1. The van der Waals surface area contributed by atoms with Gasteiger partial charge in [0.05, 0.1) is 23.3 Å². The summed E-state index contributed by atoms with van der Waals surface area (Å²) in [5, 5.41) is 3.71. The molecular weight excluding hydrogens is 359 g/mol. The molecule has 0 unspecified atom stereocenters. The molecule has 0 bridgehead atoms. The lowest BCUT2D eigenvalue weighted by Gasteiger charge is -2.26. The Kier molecular flexibility index (Phi) is 6.32. The molecule has 3 rings (SSSR count). The number of benzene rings is 2. The second kappa shape index (κ2) is 8.68. The molecule has 0 aromatic heterocycles. The second-order valence-corrected chi connectivity index (χ2v) is 6.83. The lowest BCUT2D eigenvalue weighted by molar-refractivity contribution is 0.0342. The second-order valence-electron chi connectivity index (χ2n) is 6.02. The summed E-state index contributed by atoms with van der Waals surface area (Å²) in [7, 11) is 0. The van der Waals surface area contributed by atoms with Crippen LogP contribution in [0.25, 0.3) is 0 Å². The van der Waals surface area contributed by atoms with Crippen molar-refractivity contribution in [2.24, 2.45) is 0 Å². The molecule has 25 heavy (non-hydrogen) atoms. The monoisotopic (exact) mass is 378 g/mol. The van der Waals surface area contributed by atoms with Crippen LogP contribution in [0.2, 0.25) is 10.0 Å². The van der Waals surface area contributed by atoms with E-state index in [2.05, 4.69) is 22.3 Å². The van der Waals surface area contributed by atoms with Gasteiger partial charge in [0.1, 0.15) is 0 Å². The molecule has 1 N–H and O–H groups in total. The maximum absolute atomic E-state index is 12.2. The number of morpholine rings is 1. The summed E-state index contributed by atoms with van der Waals surface area (Å²) >= 11 is 11.8. The summed E-state index contributed by atoms with van der Waals surface area (Å²) in [6.45, 7) is 4.96. The number of amides is 1. The average Bonchev–Trinajstić information content (AvgIpc) is 2.64. The molecule has 6 heteroatoms. The fraction of sp³-hybridized carbons (Fsp3) is 0.316. The van der Waals surface area contributed by atoms with Gasteiger partial charge in [0, 0.05) is 31.7 Å². The molecule has 0 aliphatic carbocycles. The first kappa shape index (κ1) is 18.2. The molecule has 0 radical (unpaired) electrons. The van der Waals surface area contributed by atoms with Gasteiger partial charge in [-0.2, -0.15) is 0 Å². The lowest BCUT2D eigenvalue weighted by atomic mass is 10.1. The van der Waals surface area contributed by atoms with E-state index in [1.807, 2.05) is 12.1 Å². The van der Waals surface area contributed by atoms with Crippen molar-refractivity contribution in [3.8, 4) is 0 Å². The van der Waals surface area contributed by atoms with Gasteiger partial charge >= 0.3 is 0 Å². The molecule has 0 saturated carbocycles. The van der Waals surface area contributed by atoms with Gasteiger partial charge in [0.25, 0.3) is 5.91 Å². The highest BCUT2D eigenvalue weighted by Crippen LogP contribution is 2.22. The first-order valence-corrected chi connectivity index (χ1v) is 8.98. The molecular formula is C19H20Cl2N2O2. The number of carbonyl (C=O) groups is 1. The maximum Gasteiger partial charge on any atom is 0.251 e. The van der Waals surface area contributed by atoms with Gasteiger partial charge in [0.15, 0.2) is 0 Å². The van der Waals surface area contributed by atoms with Gasteiger partial charge in [-0.25, -0.2) is 0 Å². The minimum Gasteiger partial charge on any atom is -0.379 e. The standard InChI is InChI=1S/C19H20Cl2N2O2/c20-17-6-5-16(11-18(17)21)19(24)22-12-14-1-3-15(4-2-14)13-23-7-9-25-10-8-23/h1-6,11H,7-10,12-13H2,(H,22,24). The number of rotatable bonds is 5. The van der Waals surface area contributed by atoms with Crippen LogP contribution in [0.4, 0.5) is 0 Å². The van der Waals surface area contributed by atoms with Gasteiger partial charge < -0.3 is 10.1 Å². The van der Waals surface area contributed by atoms with E-state index in [4.69, 9.17) is 27.9 Å². The Morgan fingerprint density at radius 2 is 1.68 bits per heavy atom. The Morgan fingerprint density at radius 1 is 1.00 bits per heavy atom. The fourth-order valence-corrected chi connectivity index (χ4v) is 3.00. The number of carbonyl (C=O) groups excluding carboxylic acids is 1. The van der Waals surface area contributed by atoms with Gasteiger partial charge in [-0.3, -0.25) is 9.69 Å². The summed E-state index contributed by atoms with van der Waals surface area (Å²) in [5.41, 5.74) is 2.82. The predicted molar refractivity (Wildman–Crippen MR) is 100 cm³/mol. The van der Waals surface area contributed by atoms with Crippen molar-refractivity contribution in [1.82, 2.24) is 10.2 Å². The van der Waals surface area contributed by atoms with Crippen molar-refractivity contribution in [2.45, 2.75) is 13.1 Å². The normalized spacial score (nSPS) is 15.1. The van der Waals surface area contributed by atoms with Crippen molar-refractivity contribution in [3.05, 3.63) is 69.2 Å². The topological polar surface area (TPSA) is 41.6 Å². The molecule has 1 aliphatic rings. The van der Waals surface area contributed by atoms with Gasteiger partial charge in [0.2, 0.25) is 0 Å². The molecule has 0 spiro atoms. The Balaban J connectivity index is 1.52. The van der Waals surface area contributed by atoms with Gasteiger partial charge in [-0.1, -0.05) is 47.5 Å². The van der Waals surface area contributed by atoms with Crippen LogP contribution in [0.5, 0.6) is 0 Å². The summed E-state index contributed by atoms with van der Waals surface area (Å²) in [6, 6.07) is 13.2. The van der Waals surface area contributed by atoms with Gasteiger partial charge in [-0.15, -0.1) is 0 Å². The minimum atomic E-state index is -0.170. The van der Waals surface area contributed by atoms with E-state index in [0.717, 1.165) is 38.4 Å². The van der Waals surface area contributed by atoms with E-state index < -0.39 is 0 Å². The van der Waals surface area contributed by atoms with Crippen LogP contribution < -0.4 is 5.32 Å². The van der Waals surface area contributed by atoms with Crippen molar-refractivity contribution >= 4 is 29.1 Å². The van der Waals surface area contributed by atoms with E-state index >= 15 is 0 Å². The first-order valence-electron chi connectivity index (χ1n) is 8.23. The lowest BCUT2D eigenvalue weighted by Crippen LogP contribution is -2.35. The zero-order valence-electron chi connectivity index (χ0n) is 13.8. The largest absolute Gasteiger partial charge is 0.379 e. The molecule has 0 atom stereocenters. The van der Waals surface area contributed by atoms with Crippen LogP contribution in [0.1, 0.15) is 21.5 Å². The van der Waals surface area contributed by atoms with Crippen molar-refractivity contribution in [1.29, 1.82) is 0 Å². The van der Waals surface area contributed by atoms with Crippen LogP contribution in [0.15, 0.2) is 42.5 Å². The number of nitrogens with zero attached hydrogens (tertiary/aromatic N) is 1. The molecule has 4 nitrogen and oxygen atoms in total. The smallest absolute Gasteiger partial charge is 0.251 e. The summed E-state index contributed by atoms with van der Waals surface area (Å²) in [6.07, 6.45) is 0. The van der Waals surface area contributed by atoms with E-state index in [-0.39, 0.29) is 5.91 Å². The third-order valence-electron chi connectivity index (χ3n) is 4.17. The molecule has 1 amide bonds. The minimum absolute atomic E-state index is 0.170. The quantitative estimate of drug-likeness (QED) is 0.860. The highest BCUT2D eigenvalue weighted by Gasteiger charge is 2.11. The Labute approximate surface area is 157 Å². The molecule has 1 fully saturated rings. The number of nitrogens with one attached hydrogen (secondary N) is 1. The van der Waals surface area contributed by atoms with Crippen LogP contribution in [-0.4, -0.2) is 37.1 Å². The third-order valence-corrected chi connectivity index (χ3v) is 4.91. The Morgan fingerprint density at radius 3 is 2.36 bits per heavy atom. The number of hydrogen-bond donors (Lipinski definition) is 1. The summed E-state index contributed by atoms with van der Waals surface area (Å²) < 4.78 is 5.36. The van der Waals surface area contributed by atoms with Crippen LogP contribution >= 0.6 is 23.2 Å². The SMILES string of the molecule is O=C(NCc1ccc(CN2CCOCC2)cc1)c1ccc(Cl)c(Cl)c1.